The van der Waals surface area contributed by atoms with Gasteiger partial charge in [0, 0.05) is 48.5 Å². The lowest BCUT2D eigenvalue weighted by Gasteiger charge is -2.32. The van der Waals surface area contributed by atoms with Gasteiger partial charge in [-0.3, -0.25) is 14.9 Å². The fourth-order valence-corrected chi connectivity index (χ4v) is 3.33. The van der Waals surface area contributed by atoms with Crippen LogP contribution in [0.25, 0.3) is 6.08 Å². The van der Waals surface area contributed by atoms with Crippen LogP contribution in [0.3, 0.4) is 0 Å². The minimum Gasteiger partial charge on any atom is -0.336 e. The maximum atomic E-state index is 12.7. The molecule has 2 amide bonds. The average molecular weight is 443 g/mol. The Labute approximate surface area is 186 Å². The van der Waals surface area contributed by atoms with Crippen molar-refractivity contribution in [1.29, 1.82) is 0 Å². The first-order valence-electron chi connectivity index (χ1n) is 9.54. The summed E-state index contributed by atoms with van der Waals surface area (Å²) < 4.78 is 0. The second-order valence-corrected chi connectivity index (χ2v) is 7.85. The van der Waals surface area contributed by atoms with Crippen LogP contribution in [-0.2, 0) is 4.79 Å². The van der Waals surface area contributed by atoms with E-state index in [9.17, 15) is 9.59 Å². The quantitative estimate of drug-likeness (QED) is 0.562. The smallest absolute Gasteiger partial charge is 0.254 e. The van der Waals surface area contributed by atoms with Crippen LogP contribution >= 0.6 is 23.8 Å². The fraction of sp³-hybridized carbons (Fsp3) is 0.227. The van der Waals surface area contributed by atoms with Crippen LogP contribution in [0.5, 0.6) is 0 Å². The zero-order valence-corrected chi connectivity index (χ0v) is 18.2. The van der Waals surface area contributed by atoms with Gasteiger partial charge in [-0.2, -0.15) is 0 Å². The summed E-state index contributed by atoms with van der Waals surface area (Å²) in [6.45, 7) is 3.15. The van der Waals surface area contributed by atoms with Gasteiger partial charge in [0.2, 0.25) is 5.91 Å². The van der Waals surface area contributed by atoms with Crippen LogP contribution in [0.15, 0.2) is 54.6 Å². The van der Waals surface area contributed by atoms with E-state index in [0.717, 1.165) is 18.7 Å². The van der Waals surface area contributed by atoms with Gasteiger partial charge in [0.05, 0.1) is 0 Å². The highest BCUT2D eigenvalue weighted by atomic mass is 35.5. The molecule has 0 unspecified atom stereocenters. The summed E-state index contributed by atoms with van der Waals surface area (Å²) in [7, 11) is 2.05. The molecule has 0 spiro atoms. The SMILES string of the molecule is CN1CCN(C(=O)c2cccc(NC(=S)NC(=O)/C=C/c3ccc(Cl)cc3)c2)CC1. The van der Waals surface area contributed by atoms with E-state index < -0.39 is 0 Å². The summed E-state index contributed by atoms with van der Waals surface area (Å²) in [4.78, 5) is 28.8. The standard InChI is InChI=1S/C22H23ClN4O2S/c1-26-11-13-27(14-12-26)21(29)17-3-2-4-19(15-17)24-22(30)25-20(28)10-7-16-5-8-18(23)9-6-16/h2-10,15H,11-14H2,1H3,(H2,24,25,28,30)/b10-7+. The van der Waals surface area contributed by atoms with Gasteiger partial charge in [-0.05, 0) is 61.2 Å². The third-order valence-electron chi connectivity index (χ3n) is 4.69. The van der Waals surface area contributed by atoms with Crippen molar-refractivity contribution in [3.63, 3.8) is 0 Å². The molecule has 0 aromatic heterocycles. The van der Waals surface area contributed by atoms with E-state index >= 15 is 0 Å². The Morgan fingerprint density at radius 2 is 1.77 bits per heavy atom. The molecule has 1 aliphatic rings. The van der Waals surface area contributed by atoms with Gasteiger partial charge in [0.25, 0.3) is 5.91 Å². The van der Waals surface area contributed by atoms with Crippen molar-refractivity contribution in [3.05, 3.63) is 70.8 Å². The Kier molecular flexibility index (Phi) is 7.57. The Bertz CT molecular complexity index is 954. The number of amides is 2. The molecule has 1 saturated heterocycles. The number of rotatable bonds is 4. The monoisotopic (exact) mass is 442 g/mol. The van der Waals surface area contributed by atoms with Crippen molar-refractivity contribution in [2.24, 2.45) is 0 Å². The summed E-state index contributed by atoms with van der Waals surface area (Å²) in [6.07, 6.45) is 3.06. The highest BCUT2D eigenvalue weighted by Gasteiger charge is 2.20. The lowest BCUT2D eigenvalue weighted by atomic mass is 10.1. The van der Waals surface area contributed by atoms with Crippen molar-refractivity contribution >= 4 is 52.5 Å². The number of carbonyl (C=O) groups is 2. The molecule has 2 aromatic carbocycles. The van der Waals surface area contributed by atoms with E-state index in [1.165, 1.54) is 6.08 Å². The van der Waals surface area contributed by atoms with Crippen LogP contribution in [0, 0.1) is 0 Å². The van der Waals surface area contributed by atoms with E-state index in [0.29, 0.717) is 29.4 Å². The molecule has 30 heavy (non-hydrogen) atoms. The first kappa shape index (κ1) is 22.0. The maximum absolute atomic E-state index is 12.7. The van der Waals surface area contributed by atoms with Crippen LogP contribution < -0.4 is 10.6 Å². The molecule has 2 aromatic rings. The molecule has 156 valence electrons. The molecule has 1 fully saturated rings. The minimum absolute atomic E-state index is 0.00685. The second-order valence-electron chi connectivity index (χ2n) is 7.00. The normalized spacial score (nSPS) is 14.5. The topological polar surface area (TPSA) is 64.7 Å². The Morgan fingerprint density at radius 3 is 2.47 bits per heavy atom. The molecule has 3 rings (SSSR count). The van der Waals surface area contributed by atoms with Gasteiger partial charge in [0.15, 0.2) is 5.11 Å². The summed E-state index contributed by atoms with van der Waals surface area (Å²) in [5, 5.41) is 6.34. The first-order chi connectivity index (χ1) is 14.4. The molecule has 6 nitrogen and oxygen atoms in total. The van der Waals surface area contributed by atoms with Crippen molar-refractivity contribution < 1.29 is 9.59 Å². The second kappa shape index (κ2) is 10.3. The minimum atomic E-state index is -0.355. The Hall–Kier alpha value is -2.74. The molecule has 0 radical (unpaired) electrons. The van der Waals surface area contributed by atoms with Crippen LogP contribution in [-0.4, -0.2) is 60.0 Å². The zero-order valence-electron chi connectivity index (χ0n) is 16.6. The number of anilines is 1. The highest BCUT2D eigenvalue weighted by Crippen LogP contribution is 2.14. The number of hydrogen-bond donors (Lipinski definition) is 2. The summed E-state index contributed by atoms with van der Waals surface area (Å²) in [6, 6.07) is 14.2. The number of nitrogens with zero attached hydrogens (tertiary/aromatic N) is 2. The summed E-state index contributed by atoms with van der Waals surface area (Å²) in [5.41, 5.74) is 2.08. The molecular weight excluding hydrogens is 420 g/mol. The van der Waals surface area contributed by atoms with Crippen molar-refractivity contribution in [1.82, 2.24) is 15.1 Å². The van der Waals surface area contributed by atoms with Crippen molar-refractivity contribution in [2.45, 2.75) is 0 Å². The summed E-state index contributed by atoms with van der Waals surface area (Å²) in [5.74, 6) is -0.361. The third kappa shape index (κ3) is 6.38. The zero-order chi connectivity index (χ0) is 21.5. The van der Waals surface area contributed by atoms with E-state index in [4.69, 9.17) is 23.8 Å². The number of halogens is 1. The first-order valence-corrected chi connectivity index (χ1v) is 10.3. The molecule has 0 aliphatic carbocycles. The molecule has 1 heterocycles. The predicted octanol–water partition coefficient (Wildman–Crippen LogP) is 3.25. The molecule has 0 saturated carbocycles. The number of carbonyl (C=O) groups excluding carboxylic acids is 2. The molecule has 0 bridgehead atoms. The Morgan fingerprint density at radius 1 is 1.07 bits per heavy atom. The third-order valence-corrected chi connectivity index (χ3v) is 5.15. The number of nitrogens with one attached hydrogen (secondary N) is 2. The van der Waals surface area contributed by atoms with Crippen molar-refractivity contribution in [2.75, 3.05) is 38.5 Å². The van der Waals surface area contributed by atoms with Gasteiger partial charge >= 0.3 is 0 Å². The van der Waals surface area contributed by atoms with E-state index in [1.807, 2.05) is 24.1 Å². The molecule has 8 heteroatoms. The van der Waals surface area contributed by atoms with Gasteiger partial charge < -0.3 is 15.1 Å². The lowest BCUT2D eigenvalue weighted by molar-refractivity contribution is -0.115. The average Bonchev–Trinajstić information content (AvgIpc) is 2.73. The van der Waals surface area contributed by atoms with Gasteiger partial charge in [-0.25, -0.2) is 0 Å². The van der Waals surface area contributed by atoms with Crippen LogP contribution in [0.2, 0.25) is 5.02 Å². The van der Waals surface area contributed by atoms with Crippen LogP contribution in [0.4, 0.5) is 5.69 Å². The van der Waals surface area contributed by atoms with E-state index in [-0.39, 0.29) is 16.9 Å². The largest absolute Gasteiger partial charge is 0.336 e. The van der Waals surface area contributed by atoms with E-state index in [2.05, 4.69) is 15.5 Å². The predicted molar refractivity (Wildman–Crippen MR) is 125 cm³/mol. The van der Waals surface area contributed by atoms with Gasteiger partial charge in [0.1, 0.15) is 0 Å². The number of likely N-dealkylation sites (N-methyl/N-ethyl adjacent to an activating group) is 1. The van der Waals surface area contributed by atoms with Crippen LogP contribution in [0.1, 0.15) is 15.9 Å². The molecule has 1 aliphatic heterocycles. The molecule has 2 N–H and O–H groups in total. The van der Waals surface area contributed by atoms with Gasteiger partial charge in [-0.15, -0.1) is 0 Å². The maximum Gasteiger partial charge on any atom is 0.254 e. The Balaban J connectivity index is 1.55. The van der Waals surface area contributed by atoms with E-state index in [1.54, 1.807) is 42.5 Å². The van der Waals surface area contributed by atoms with Gasteiger partial charge in [-0.1, -0.05) is 29.8 Å². The van der Waals surface area contributed by atoms with Crippen molar-refractivity contribution in [3.8, 4) is 0 Å². The summed E-state index contributed by atoms with van der Waals surface area (Å²) >= 11 is 11.1. The molecular formula is C22H23ClN4O2S. The lowest BCUT2D eigenvalue weighted by Crippen LogP contribution is -2.47. The highest BCUT2D eigenvalue weighted by molar-refractivity contribution is 7.80. The number of piperazine rings is 1. The fourth-order valence-electron chi connectivity index (χ4n) is 2.98. The number of thiocarbonyl (C=S) groups is 1. The number of hydrogen-bond acceptors (Lipinski definition) is 4. The molecule has 0 atom stereocenters. The number of benzene rings is 2.